The fourth-order valence-electron chi connectivity index (χ4n) is 10.9. The van der Waals surface area contributed by atoms with Crippen LogP contribution in [-0.4, -0.2) is 75.6 Å². The third-order valence-electron chi connectivity index (χ3n) is 13.6. The molecule has 0 heterocycles. The number of aliphatic hydroxyl groups is 1. The largest absolute Gasteiger partial charge is 0.397 e. The summed E-state index contributed by atoms with van der Waals surface area (Å²) in [7, 11) is -4.46. The van der Waals surface area contributed by atoms with Crippen molar-refractivity contribution in [3.8, 4) is 0 Å². The Morgan fingerprint density at radius 2 is 1.51 bits per heavy atom. The lowest BCUT2D eigenvalue weighted by molar-refractivity contribution is -0.142. The lowest BCUT2D eigenvalue weighted by Crippen LogP contribution is -2.59. The van der Waals surface area contributed by atoms with Crippen LogP contribution in [0.15, 0.2) is 0 Å². The second-order valence-corrected chi connectivity index (χ2v) is 17.9. The van der Waals surface area contributed by atoms with Crippen molar-refractivity contribution in [2.75, 3.05) is 39.3 Å². The van der Waals surface area contributed by atoms with Gasteiger partial charge in [0.1, 0.15) is 0 Å². The summed E-state index contributed by atoms with van der Waals surface area (Å²) in [6.07, 6.45) is 16.0. The second kappa shape index (κ2) is 17.7. The van der Waals surface area contributed by atoms with Crippen LogP contribution in [0.4, 0.5) is 0 Å². The minimum absolute atomic E-state index is 0.00953. The van der Waals surface area contributed by atoms with E-state index in [0.29, 0.717) is 48.0 Å². The molecule has 0 amide bonds. The SMILES string of the molecule is CC(C)[C@@H](CC[C@@H](C)[C@H]1CC[C@H]2[C@@H]3[C@H](O)[CH]C4C[C@@H](NCCCNCCCCNCCCN)CC[C@]4(C)[C@H]3CC[C@]12C)OS(=O)(=O)O. The Labute approximate surface area is 288 Å². The Kier molecular flexibility index (Phi) is 14.9. The molecule has 10 heteroatoms. The van der Waals surface area contributed by atoms with Gasteiger partial charge in [-0.2, -0.15) is 8.42 Å². The number of aliphatic hydroxyl groups excluding tert-OH is 1. The van der Waals surface area contributed by atoms with Crippen LogP contribution in [0, 0.1) is 58.7 Å². The van der Waals surface area contributed by atoms with E-state index in [9.17, 15) is 18.1 Å². The highest BCUT2D eigenvalue weighted by Gasteiger charge is 2.63. The van der Waals surface area contributed by atoms with Crippen molar-refractivity contribution in [3.63, 3.8) is 0 Å². The lowest BCUT2D eigenvalue weighted by Gasteiger charge is -2.62. The molecule has 275 valence electrons. The van der Waals surface area contributed by atoms with Gasteiger partial charge >= 0.3 is 10.4 Å². The number of rotatable bonds is 20. The van der Waals surface area contributed by atoms with E-state index in [1.54, 1.807) is 0 Å². The Morgan fingerprint density at radius 1 is 0.872 bits per heavy atom. The highest BCUT2D eigenvalue weighted by molar-refractivity contribution is 7.80. The highest BCUT2D eigenvalue weighted by Crippen LogP contribution is 2.68. The Morgan fingerprint density at radius 3 is 2.17 bits per heavy atom. The van der Waals surface area contributed by atoms with E-state index in [1.807, 2.05) is 13.8 Å². The van der Waals surface area contributed by atoms with E-state index in [0.717, 1.165) is 65.0 Å². The molecule has 1 unspecified atom stereocenters. The number of hydrogen-bond acceptors (Lipinski definition) is 8. The average Bonchev–Trinajstić information content (AvgIpc) is 3.36. The molecule has 0 aliphatic heterocycles. The second-order valence-electron chi connectivity index (χ2n) is 16.8. The average molecular weight is 684 g/mol. The molecule has 7 N–H and O–H groups in total. The molecule has 0 aromatic carbocycles. The van der Waals surface area contributed by atoms with Crippen LogP contribution in [0.3, 0.4) is 0 Å². The summed E-state index contributed by atoms with van der Waals surface area (Å²) in [6, 6.07) is 0.540. The first-order valence-electron chi connectivity index (χ1n) is 19.3. The van der Waals surface area contributed by atoms with Gasteiger partial charge in [-0.1, -0.05) is 34.6 Å². The molecule has 0 saturated heterocycles. The van der Waals surface area contributed by atoms with Gasteiger partial charge in [-0.25, -0.2) is 4.18 Å². The van der Waals surface area contributed by atoms with Crippen molar-refractivity contribution in [2.45, 2.75) is 136 Å². The van der Waals surface area contributed by atoms with Gasteiger partial charge in [0.15, 0.2) is 0 Å². The smallest absolute Gasteiger partial charge is 0.393 e. The summed E-state index contributed by atoms with van der Waals surface area (Å²) < 4.78 is 37.2. The lowest BCUT2D eigenvalue weighted by atomic mass is 9.43. The fraction of sp³-hybridized carbons (Fsp3) is 0.973. The molecule has 4 aliphatic carbocycles. The monoisotopic (exact) mass is 684 g/mol. The number of nitrogens with two attached hydrogens (primary N) is 1. The Hall–Kier alpha value is -0.330. The third kappa shape index (κ3) is 10.1. The standard InChI is InChI=1S/C37H71N4O5S/c1-26(2)34(46-47(43,44)45)13-10-27(3)30-11-12-31-35-32(15-17-37(30,31)5)36(4)16-14-29(24-28(36)25-33(35)42)41-23-9-22-40-20-7-6-19-39-21-8-18-38/h25-35,39-42H,6-24,38H2,1-5H3,(H,43,44,45)/t27-,28?,29+,30-,31+,32+,33-,34-,35+,36+,37-/m1/s1. The van der Waals surface area contributed by atoms with Gasteiger partial charge in [0, 0.05) is 6.04 Å². The van der Waals surface area contributed by atoms with Gasteiger partial charge in [-0.05, 0) is 181 Å². The summed E-state index contributed by atoms with van der Waals surface area (Å²) in [5.41, 5.74) is 6.00. The molecule has 47 heavy (non-hydrogen) atoms. The molecule has 0 bridgehead atoms. The first-order chi connectivity index (χ1) is 22.3. The molecule has 4 fully saturated rings. The first kappa shape index (κ1) is 39.5. The molecule has 4 rings (SSSR count). The normalized spacial score (nSPS) is 36.9. The maximum absolute atomic E-state index is 11.8. The van der Waals surface area contributed by atoms with Gasteiger partial charge in [-0.3, -0.25) is 4.55 Å². The number of fused-ring (bicyclic) bond motifs is 5. The molecular weight excluding hydrogens is 612 g/mol. The summed E-state index contributed by atoms with van der Waals surface area (Å²) in [6.45, 7) is 17.3. The molecule has 11 atom stereocenters. The molecule has 0 spiro atoms. The quantitative estimate of drug-likeness (QED) is 0.0739. The zero-order valence-corrected chi connectivity index (χ0v) is 31.2. The topological polar surface area (TPSA) is 146 Å². The van der Waals surface area contributed by atoms with Gasteiger partial charge in [0.05, 0.1) is 12.2 Å². The number of hydrogen-bond donors (Lipinski definition) is 6. The zero-order chi connectivity index (χ0) is 34.2. The fourth-order valence-corrected chi connectivity index (χ4v) is 11.5. The van der Waals surface area contributed by atoms with Crippen molar-refractivity contribution < 1.29 is 22.3 Å². The Bertz CT molecular complexity index is 1050. The summed E-state index contributed by atoms with van der Waals surface area (Å²) in [5, 5.41) is 22.7. The van der Waals surface area contributed by atoms with Crippen LogP contribution in [0.5, 0.6) is 0 Å². The minimum atomic E-state index is -4.46. The molecule has 4 aliphatic rings. The van der Waals surface area contributed by atoms with E-state index in [2.05, 4.69) is 43.1 Å². The van der Waals surface area contributed by atoms with Crippen molar-refractivity contribution in [1.29, 1.82) is 0 Å². The van der Waals surface area contributed by atoms with Gasteiger partial charge in [0.25, 0.3) is 0 Å². The van der Waals surface area contributed by atoms with Crippen LogP contribution in [0.25, 0.3) is 0 Å². The maximum Gasteiger partial charge on any atom is 0.397 e. The summed E-state index contributed by atoms with van der Waals surface area (Å²) in [4.78, 5) is 0. The van der Waals surface area contributed by atoms with E-state index < -0.39 is 16.5 Å². The van der Waals surface area contributed by atoms with Crippen LogP contribution in [0.1, 0.15) is 118 Å². The third-order valence-corrected chi connectivity index (χ3v) is 14.0. The molecule has 0 aromatic rings. The van der Waals surface area contributed by atoms with Crippen LogP contribution in [-0.2, 0) is 14.6 Å². The maximum atomic E-state index is 11.8. The van der Waals surface area contributed by atoms with E-state index in [-0.39, 0.29) is 22.9 Å². The van der Waals surface area contributed by atoms with E-state index in [1.165, 1.54) is 51.4 Å². The molecule has 0 aromatic heterocycles. The van der Waals surface area contributed by atoms with Crippen LogP contribution in [0.2, 0.25) is 0 Å². The highest BCUT2D eigenvalue weighted by atomic mass is 32.3. The number of nitrogens with one attached hydrogen (secondary N) is 3. The van der Waals surface area contributed by atoms with Crippen LogP contribution >= 0.6 is 0 Å². The van der Waals surface area contributed by atoms with E-state index >= 15 is 0 Å². The zero-order valence-electron chi connectivity index (χ0n) is 30.4. The molecule has 1 radical (unpaired) electrons. The predicted molar refractivity (Wildman–Crippen MR) is 191 cm³/mol. The molecule has 9 nitrogen and oxygen atoms in total. The summed E-state index contributed by atoms with van der Waals surface area (Å²) in [5.74, 6) is 2.93. The van der Waals surface area contributed by atoms with Crippen molar-refractivity contribution in [3.05, 3.63) is 6.42 Å². The molecular formula is C37H71N4O5S. The first-order valence-corrected chi connectivity index (χ1v) is 20.7. The van der Waals surface area contributed by atoms with Crippen molar-refractivity contribution in [2.24, 2.45) is 58.0 Å². The van der Waals surface area contributed by atoms with E-state index in [4.69, 9.17) is 9.92 Å². The Balaban J connectivity index is 1.23. The van der Waals surface area contributed by atoms with Gasteiger partial charge in [-0.15, -0.1) is 0 Å². The predicted octanol–water partition coefficient (Wildman–Crippen LogP) is 5.35. The molecule has 4 saturated carbocycles. The van der Waals surface area contributed by atoms with Crippen LogP contribution < -0.4 is 21.7 Å². The van der Waals surface area contributed by atoms with Crippen molar-refractivity contribution >= 4 is 10.4 Å². The number of unbranched alkanes of at least 4 members (excludes halogenated alkanes) is 1. The summed E-state index contributed by atoms with van der Waals surface area (Å²) >= 11 is 0. The minimum Gasteiger partial charge on any atom is -0.393 e. The van der Waals surface area contributed by atoms with Crippen molar-refractivity contribution in [1.82, 2.24) is 16.0 Å². The van der Waals surface area contributed by atoms with Gasteiger partial charge in [0.2, 0.25) is 0 Å². The van der Waals surface area contributed by atoms with Gasteiger partial charge < -0.3 is 26.8 Å².